The molecule has 2 aromatic rings. The first-order valence-corrected chi connectivity index (χ1v) is 7.43. The predicted molar refractivity (Wildman–Crippen MR) is 82.3 cm³/mol. The summed E-state index contributed by atoms with van der Waals surface area (Å²) in [6, 6.07) is 13.5. The van der Waals surface area contributed by atoms with Gasteiger partial charge in [0.15, 0.2) is 0 Å². The minimum atomic E-state index is 0.673. The summed E-state index contributed by atoms with van der Waals surface area (Å²) in [5.74, 6) is 1.73. The van der Waals surface area contributed by atoms with Crippen molar-refractivity contribution in [2.75, 3.05) is 5.73 Å². The van der Waals surface area contributed by atoms with Gasteiger partial charge in [-0.1, -0.05) is 47.5 Å². The van der Waals surface area contributed by atoms with Gasteiger partial charge in [-0.05, 0) is 29.3 Å². The van der Waals surface area contributed by atoms with Crippen LogP contribution in [0.15, 0.2) is 42.5 Å². The Bertz CT molecular complexity index is 543. The van der Waals surface area contributed by atoms with Crippen LogP contribution in [0.1, 0.15) is 11.1 Å². The van der Waals surface area contributed by atoms with Crippen LogP contribution >= 0.6 is 35.0 Å². The summed E-state index contributed by atoms with van der Waals surface area (Å²) in [7, 11) is 0. The molecule has 0 aliphatic heterocycles. The zero-order valence-corrected chi connectivity index (χ0v) is 12.0. The number of hydrogen-bond donors (Lipinski definition) is 1. The normalized spacial score (nSPS) is 10.6. The highest BCUT2D eigenvalue weighted by atomic mass is 35.5. The highest BCUT2D eigenvalue weighted by Gasteiger charge is 2.02. The minimum absolute atomic E-state index is 0.673. The molecule has 1 nitrogen and oxygen atoms in total. The Balaban J connectivity index is 1.95. The summed E-state index contributed by atoms with van der Waals surface area (Å²) in [6.45, 7) is 0. The Labute approximate surface area is 121 Å². The molecule has 2 N–H and O–H groups in total. The quantitative estimate of drug-likeness (QED) is 0.803. The SMILES string of the molecule is Nc1cc(Cl)ccc1CSCc1ccccc1Cl. The van der Waals surface area contributed by atoms with Crippen LogP contribution in [-0.2, 0) is 11.5 Å². The zero-order chi connectivity index (χ0) is 13.0. The van der Waals surface area contributed by atoms with E-state index in [1.165, 1.54) is 0 Å². The average Bonchev–Trinajstić information content (AvgIpc) is 2.34. The number of hydrogen-bond acceptors (Lipinski definition) is 2. The van der Waals surface area contributed by atoms with Crippen LogP contribution in [-0.4, -0.2) is 0 Å². The first-order chi connectivity index (χ1) is 8.66. The molecule has 0 aliphatic rings. The van der Waals surface area contributed by atoms with Gasteiger partial charge in [0.1, 0.15) is 0 Å². The van der Waals surface area contributed by atoms with Crippen molar-refractivity contribution in [3.63, 3.8) is 0 Å². The molecule has 0 bridgehead atoms. The van der Waals surface area contributed by atoms with Crippen LogP contribution in [0.2, 0.25) is 10.0 Å². The summed E-state index contributed by atoms with van der Waals surface area (Å²) >= 11 is 13.8. The second-order valence-electron chi connectivity index (χ2n) is 3.93. The molecule has 2 rings (SSSR count). The van der Waals surface area contributed by atoms with Gasteiger partial charge in [0.25, 0.3) is 0 Å². The van der Waals surface area contributed by atoms with Gasteiger partial charge in [0, 0.05) is 27.2 Å². The molecule has 0 aliphatic carbocycles. The maximum atomic E-state index is 6.10. The average molecular weight is 298 g/mol. The van der Waals surface area contributed by atoms with Crippen LogP contribution in [0.4, 0.5) is 5.69 Å². The molecule has 0 heterocycles. The molecule has 94 valence electrons. The number of nitrogen functional groups attached to an aromatic ring is 1. The second-order valence-corrected chi connectivity index (χ2v) is 5.76. The van der Waals surface area contributed by atoms with Gasteiger partial charge in [-0.2, -0.15) is 11.8 Å². The van der Waals surface area contributed by atoms with Crippen molar-refractivity contribution in [1.29, 1.82) is 0 Å². The van der Waals surface area contributed by atoms with E-state index in [4.69, 9.17) is 28.9 Å². The van der Waals surface area contributed by atoms with Crippen LogP contribution < -0.4 is 5.73 Å². The molecule has 0 radical (unpaired) electrons. The molecular formula is C14H13Cl2NS. The van der Waals surface area contributed by atoms with Crippen molar-refractivity contribution in [2.24, 2.45) is 0 Å². The van der Waals surface area contributed by atoms with Gasteiger partial charge < -0.3 is 5.73 Å². The molecule has 0 fully saturated rings. The first kappa shape index (κ1) is 13.6. The third kappa shape index (κ3) is 3.58. The summed E-state index contributed by atoms with van der Waals surface area (Å²) in [5.41, 5.74) is 8.91. The van der Waals surface area contributed by atoms with E-state index in [2.05, 4.69) is 0 Å². The van der Waals surface area contributed by atoms with Crippen molar-refractivity contribution in [3.05, 3.63) is 63.6 Å². The van der Waals surface area contributed by atoms with Gasteiger partial charge in [0.05, 0.1) is 0 Å². The molecular weight excluding hydrogens is 285 g/mol. The number of nitrogens with two attached hydrogens (primary N) is 1. The Morgan fingerprint density at radius 1 is 0.944 bits per heavy atom. The lowest BCUT2D eigenvalue weighted by Gasteiger charge is -2.07. The van der Waals surface area contributed by atoms with Gasteiger partial charge in [0.2, 0.25) is 0 Å². The van der Waals surface area contributed by atoms with E-state index in [0.717, 1.165) is 33.3 Å². The summed E-state index contributed by atoms with van der Waals surface area (Å²) in [4.78, 5) is 0. The molecule has 0 saturated heterocycles. The fourth-order valence-corrected chi connectivity index (χ4v) is 3.10. The molecule has 4 heteroatoms. The van der Waals surface area contributed by atoms with Gasteiger partial charge in [-0.15, -0.1) is 0 Å². The first-order valence-electron chi connectivity index (χ1n) is 5.52. The largest absolute Gasteiger partial charge is 0.398 e. The lowest BCUT2D eigenvalue weighted by molar-refractivity contribution is 1.37. The predicted octanol–water partition coefficient (Wildman–Crippen LogP) is 5.01. The summed E-state index contributed by atoms with van der Waals surface area (Å²) in [5, 5.41) is 1.49. The molecule has 2 aromatic carbocycles. The number of anilines is 1. The van der Waals surface area contributed by atoms with Crippen LogP contribution in [0, 0.1) is 0 Å². The Morgan fingerprint density at radius 3 is 2.39 bits per heavy atom. The summed E-state index contributed by atoms with van der Waals surface area (Å²) in [6.07, 6.45) is 0. The van der Waals surface area contributed by atoms with E-state index in [1.807, 2.05) is 36.4 Å². The van der Waals surface area contributed by atoms with E-state index in [9.17, 15) is 0 Å². The van der Waals surface area contributed by atoms with Crippen LogP contribution in [0.5, 0.6) is 0 Å². The highest BCUT2D eigenvalue weighted by molar-refractivity contribution is 7.97. The van der Waals surface area contributed by atoms with E-state index in [-0.39, 0.29) is 0 Å². The van der Waals surface area contributed by atoms with Crippen molar-refractivity contribution in [1.82, 2.24) is 0 Å². The molecule has 0 amide bonds. The molecule has 0 aromatic heterocycles. The second kappa shape index (κ2) is 6.37. The maximum absolute atomic E-state index is 6.10. The third-order valence-corrected chi connectivity index (χ3v) is 4.21. The lowest BCUT2D eigenvalue weighted by Crippen LogP contribution is -1.92. The van der Waals surface area contributed by atoms with Crippen LogP contribution in [0.25, 0.3) is 0 Å². The Kier molecular flexibility index (Phi) is 4.81. The number of rotatable bonds is 4. The van der Waals surface area contributed by atoms with Crippen LogP contribution in [0.3, 0.4) is 0 Å². The molecule has 18 heavy (non-hydrogen) atoms. The fraction of sp³-hybridized carbons (Fsp3) is 0.143. The fourth-order valence-electron chi connectivity index (χ4n) is 1.58. The zero-order valence-electron chi connectivity index (χ0n) is 9.70. The van der Waals surface area contributed by atoms with E-state index in [0.29, 0.717) is 5.02 Å². The Morgan fingerprint density at radius 2 is 1.67 bits per heavy atom. The van der Waals surface area contributed by atoms with Gasteiger partial charge >= 0.3 is 0 Å². The Hall–Kier alpha value is -0.830. The van der Waals surface area contributed by atoms with Crippen molar-refractivity contribution in [3.8, 4) is 0 Å². The van der Waals surface area contributed by atoms with E-state index < -0.39 is 0 Å². The molecule has 0 spiro atoms. The van der Waals surface area contributed by atoms with Crippen molar-refractivity contribution < 1.29 is 0 Å². The van der Waals surface area contributed by atoms with E-state index >= 15 is 0 Å². The van der Waals surface area contributed by atoms with Gasteiger partial charge in [-0.3, -0.25) is 0 Å². The monoisotopic (exact) mass is 297 g/mol. The van der Waals surface area contributed by atoms with E-state index in [1.54, 1.807) is 17.8 Å². The molecule has 0 atom stereocenters. The molecule has 0 saturated carbocycles. The lowest BCUT2D eigenvalue weighted by atomic mass is 10.2. The summed E-state index contributed by atoms with van der Waals surface area (Å²) < 4.78 is 0. The third-order valence-electron chi connectivity index (χ3n) is 2.58. The highest BCUT2D eigenvalue weighted by Crippen LogP contribution is 2.26. The number of halogens is 2. The number of thioether (sulfide) groups is 1. The minimum Gasteiger partial charge on any atom is -0.398 e. The van der Waals surface area contributed by atoms with Crippen molar-refractivity contribution >= 4 is 40.7 Å². The van der Waals surface area contributed by atoms with Gasteiger partial charge in [-0.25, -0.2) is 0 Å². The maximum Gasteiger partial charge on any atom is 0.0446 e. The number of benzene rings is 2. The smallest absolute Gasteiger partial charge is 0.0446 e. The topological polar surface area (TPSA) is 26.0 Å². The van der Waals surface area contributed by atoms with Crippen molar-refractivity contribution in [2.45, 2.75) is 11.5 Å². The standard InChI is InChI=1S/C14H13Cl2NS/c15-12-6-5-11(14(17)7-12)9-18-8-10-3-1-2-4-13(10)16/h1-7H,8-9,17H2. The molecule has 0 unspecified atom stereocenters.